The van der Waals surface area contributed by atoms with Gasteiger partial charge >= 0.3 is 0 Å². The molecule has 1 aliphatic heterocycles. The monoisotopic (exact) mass is 401 g/mol. The second-order valence-electron chi connectivity index (χ2n) is 7.29. The molecule has 1 heterocycles. The molecule has 2 atom stereocenters. The Morgan fingerprint density at radius 1 is 1.11 bits per heavy atom. The first kappa shape index (κ1) is 20.4. The largest absolute Gasteiger partial charge is 0.369 e. The van der Waals surface area contributed by atoms with Gasteiger partial charge in [-0.2, -0.15) is 4.72 Å². The maximum atomic E-state index is 12.6. The molecule has 150 valence electrons. The summed E-state index contributed by atoms with van der Waals surface area (Å²) in [6.45, 7) is 5.13. The molecule has 7 heteroatoms. The van der Waals surface area contributed by atoms with Crippen LogP contribution in [0, 0.1) is 6.92 Å². The maximum absolute atomic E-state index is 12.6. The third-order valence-electron chi connectivity index (χ3n) is 4.95. The summed E-state index contributed by atoms with van der Waals surface area (Å²) in [6.07, 6.45) is 1.86. The van der Waals surface area contributed by atoms with Gasteiger partial charge in [0.1, 0.15) is 0 Å². The molecule has 1 saturated heterocycles. The molecule has 0 aliphatic carbocycles. The van der Waals surface area contributed by atoms with Crippen molar-refractivity contribution in [3.05, 3.63) is 60.2 Å². The zero-order valence-corrected chi connectivity index (χ0v) is 17.1. The van der Waals surface area contributed by atoms with E-state index in [1.54, 1.807) is 31.2 Å². The lowest BCUT2D eigenvalue weighted by Gasteiger charge is -2.35. The molecule has 1 unspecified atom stereocenters. The molecule has 2 aromatic rings. The molecule has 0 aromatic heterocycles. The van der Waals surface area contributed by atoms with E-state index in [1.165, 1.54) is 0 Å². The van der Waals surface area contributed by atoms with Crippen molar-refractivity contribution in [2.24, 2.45) is 0 Å². The molecule has 3 rings (SSSR count). The number of nitrogens with zero attached hydrogens (tertiary/aromatic N) is 1. The average Bonchev–Trinajstić information content (AvgIpc) is 2.69. The maximum Gasteiger partial charge on any atom is 0.241 e. The number of para-hydroxylation sites is 1. The van der Waals surface area contributed by atoms with Crippen LogP contribution in [0.5, 0.6) is 0 Å². The Labute approximate surface area is 167 Å². The van der Waals surface area contributed by atoms with Crippen LogP contribution in [0.3, 0.4) is 0 Å². The lowest BCUT2D eigenvalue weighted by Crippen LogP contribution is -2.53. The van der Waals surface area contributed by atoms with Crippen LogP contribution in [0.1, 0.15) is 25.3 Å². The number of carbonyl (C=O) groups excluding carboxylic acids is 1. The second kappa shape index (κ2) is 8.75. The van der Waals surface area contributed by atoms with Crippen molar-refractivity contribution in [1.29, 1.82) is 0 Å². The van der Waals surface area contributed by atoms with Gasteiger partial charge in [-0.3, -0.25) is 4.79 Å². The quantitative estimate of drug-likeness (QED) is 0.779. The van der Waals surface area contributed by atoms with Gasteiger partial charge in [0.05, 0.1) is 10.9 Å². The first-order valence-corrected chi connectivity index (χ1v) is 11.0. The molecule has 0 saturated carbocycles. The Morgan fingerprint density at radius 2 is 1.79 bits per heavy atom. The summed E-state index contributed by atoms with van der Waals surface area (Å²) < 4.78 is 27.4. The van der Waals surface area contributed by atoms with Gasteiger partial charge in [0, 0.05) is 24.8 Å². The summed E-state index contributed by atoms with van der Waals surface area (Å²) in [5.41, 5.74) is 2.11. The first-order valence-electron chi connectivity index (χ1n) is 9.54. The topological polar surface area (TPSA) is 78.5 Å². The Kier molecular flexibility index (Phi) is 6.36. The molecule has 0 bridgehead atoms. The predicted octanol–water partition coefficient (Wildman–Crippen LogP) is 2.45. The van der Waals surface area contributed by atoms with Gasteiger partial charge < -0.3 is 10.2 Å². The number of benzene rings is 2. The van der Waals surface area contributed by atoms with Crippen molar-refractivity contribution in [3.8, 4) is 0 Å². The molecule has 0 spiro atoms. The minimum Gasteiger partial charge on any atom is -0.369 e. The van der Waals surface area contributed by atoms with E-state index in [9.17, 15) is 13.2 Å². The Morgan fingerprint density at radius 3 is 2.46 bits per heavy atom. The van der Waals surface area contributed by atoms with E-state index in [0.717, 1.165) is 30.6 Å². The summed E-state index contributed by atoms with van der Waals surface area (Å²) in [4.78, 5) is 15.0. The van der Waals surface area contributed by atoms with E-state index in [2.05, 4.69) is 27.1 Å². The normalized spacial score (nSPS) is 18.5. The highest BCUT2D eigenvalue weighted by molar-refractivity contribution is 7.89. The third-order valence-corrected chi connectivity index (χ3v) is 6.50. The standard InChI is InChI=1S/C21H27N3O3S/c1-16-10-12-20(13-11-16)28(26,27)23-17(2)21(25)22-18-7-6-14-24(15-18)19-8-4-3-5-9-19/h3-5,8-13,17-18,23H,6-7,14-15H2,1-2H3,(H,22,25)/t17-,18?/m0/s1. The minimum atomic E-state index is -3.74. The van der Waals surface area contributed by atoms with Crippen LogP contribution < -0.4 is 14.9 Å². The number of rotatable bonds is 6. The summed E-state index contributed by atoms with van der Waals surface area (Å²) in [5.74, 6) is -0.310. The fourth-order valence-electron chi connectivity index (χ4n) is 3.37. The van der Waals surface area contributed by atoms with Crippen molar-refractivity contribution >= 4 is 21.6 Å². The number of amides is 1. The molecule has 0 radical (unpaired) electrons. The number of carbonyl (C=O) groups is 1. The smallest absolute Gasteiger partial charge is 0.241 e. The van der Waals surface area contributed by atoms with E-state index >= 15 is 0 Å². The number of sulfonamides is 1. The molecule has 1 amide bonds. The van der Waals surface area contributed by atoms with Crippen molar-refractivity contribution < 1.29 is 13.2 Å². The Hall–Kier alpha value is -2.38. The zero-order chi connectivity index (χ0) is 20.1. The van der Waals surface area contributed by atoms with Gasteiger partial charge in [0.2, 0.25) is 15.9 Å². The molecule has 6 nitrogen and oxygen atoms in total. The molecular weight excluding hydrogens is 374 g/mol. The zero-order valence-electron chi connectivity index (χ0n) is 16.3. The number of nitrogens with one attached hydrogen (secondary N) is 2. The van der Waals surface area contributed by atoms with Gasteiger partial charge in [-0.25, -0.2) is 8.42 Å². The summed E-state index contributed by atoms with van der Waals surface area (Å²) in [6, 6.07) is 15.8. The number of anilines is 1. The predicted molar refractivity (Wildman–Crippen MR) is 111 cm³/mol. The molecule has 2 N–H and O–H groups in total. The van der Waals surface area contributed by atoms with Crippen LogP contribution in [-0.2, 0) is 14.8 Å². The highest BCUT2D eigenvalue weighted by Gasteiger charge is 2.26. The molecule has 1 fully saturated rings. The van der Waals surface area contributed by atoms with Crippen molar-refractivity contribution in [2.75, 3.05) is 18.0 Å². The highest BCUT2D eigenvalue weighted by Crippen LogP contribution is 2.19. The summed E-state index contributed by atoms with van der Waals surface area (Å²) >= 11 is 0. The fourth-order valence-corrected chi connectivity index (χ4v) is 4.57. The number of piperidine rings is 1. The van der Waals surface area contributed by atoms with E-state index in [0.29, 0.717) is 6.54 Å². The van der Waals surface area contributed by atoms with Crippen molar-refractivity contribution in [1.82, 2.24) is 10.0 Å². The van der Waals surface area contributed by atoms with E-state index in [4.69, 9.17) is 0 Å². The van der Waals surface area contributed by atoms with Crippen LogP contribution in [0.2, 0.25) is 0 Å². The SMILES string of the molecule is Cc1ccc(S(=O)(=O)N[C@@H](C)C(=O)NC2CCCN(c3ccccc3)C2)cc1. The Bertz CT molecular complexity index is 898. The van der Waals surface area contributed by atoms with Gasteiger partial charge in [-0.05, 0) is 51.0 Å². The number of hydrogen-bond donors (Lipinski definition) is 2. The van der Waals surface area contributed by atoms with Crippen molar-refractivity contribution in [3.63, 3.8) is 0 Å². The first-order chi connectivity index (χ1) is 13.3. The third kappa shape index (κ3) is 5.11. The van der Waals surface area contributed by atoms with Crippen molar-refractivity contribution in [2.45, 2.75) is 43.7 Å². The van der Waals surface area contributed by atoms with E-state index < -0.39 is 16.1 Å². The van der Waals surface area contributed by atoms with Gasteiger partial charge in [-0.1, -0.05) is 35.9 Å². The molecule has 28 heavy (non-hydrogen) atoms. The minimum absolute atomic E-state index is 0.00668. The molecule has 1 aliphatic rings. The molecule has 2 aromatic carbocycles. The average molecular weight is 402 g/mol. The number of aryl methyl sites for hydroxylation is 1. The molecular formula is C21H27N3O3S. The van der Waals surface area contributed by atoms with Crippen LogP contribution in [0.4, 0.5) is 5.69 Å². The van der Waals surface area contributed by atoms with Crippen LogP contribution in [0.15, 0.2) is 59.5 Å². The highest BCUT2D eigenvalue weighted by atomic mass is 32.2. The van der Waals surface area contributed by atoms with E-state index in [1.807, 2.05) is 25.1 Å². The second-order valence-corrected chi connectivity index (χ2v) is 9.00. The lowest BCUT2D eigenvalue weighted by atomic mass is 10.0. The summed E-state index contributed by atoms with van der Waals surface area (Å²) in [5, 5.41) is 2.99. The van der Waals surface area contributed by atoms with E-state index in [-0.39, 0.29) is 16.8 Å². The van der Waals surface area contributed by atoms with Gasteiger partial charge in [0.25, 0.3) is 0 Å². The van der Waals surface area contributed by atoms with Crippen LogP contribution >= 0.6 is 0 Å². The summed E-state index contributed by atoms with van der Waals surface area (Å²) in [7, 11) is -3.74. The lowest BCUT2D eigenvalue weighted by molar-refractivity contribution is -0.123. The fraction of sp³-hybridized carbons (Fsp3) is 0.381. The Balaban J connectivity index is 1.58. The van der Waals surface area contributed by atoms with Gasteiger partial charge in [-0.15, -0.1) is 0 Å². The van der Waals surface area contributed by atoms with Gasteiger partial charge in [0.15, 0.2) is 0 Å². The number of hydrogen-bond acceptors (Lipinski definition) is 4. The van der Waals surface area contributed by atoms with Crippen LogP contribution in [-0.4, -0.2) is 39.5 Å². The van der Waals surface area contributed by atoms with Crippen LogP contribution in [0.25, 0.3) is 0 Å².